The van der Waals surface area contributed by atoms with Gasteiger partial charge < -0.3 is 35.3 Å². The van der Waals surface area contributed by atoms with E-state index in [1.165, 1.54) is 70.9 Å². The largest absolute Gasteiger partial charge is 0.480 e. The lowest BCUT2D eigenvalue weighted by Crippen LogP contribution is -2.47. The number of aliphatic carboxylic acids is 1. The molecule has 3 atom stereocenters. The number of ether oxygens (including phenoxy) is 3. The maximum absolute atomic E-state index is 14.3. The fourth-order valence-electron chi connectivity index (χ4n) is 15.6. The average Bonchev–Trinajstić information content (AvgIpc) is 1.56. The van der Waals surface area contributed by atoms with Gasteiger partial charge in [-0.15, -0.1) is 0 Å². The van der Waals surface area contributed by atoms with Gasteiger partial charge in [-0.2, -0.15) is 10.2 Å². The molecule has 0 radical (unpaired) electrons. The van der Waals surface area contributed by atoms with Crippen molar-refractivity contribution in [2.75, 3.05) is 47.7 Å². The number of imidazole rings is 3. The molecular formula is C90H85Cl6IN20O13. The van der Waals surface area contributed by atoms with Crippen molar-refractivity contribution >= 4 is 193 Å². The zero-order chi connectivity index (χ0) is 91.5. The first kappa shape index (κ1) is 93.8. The van der Waals surface area contributed by atoms with Gasteiger partial charge in [-0.05, 0) is 202 Å². The number of halogens is 7. The summed E-state index contributed by atoms with van der Waals surface area (Å²) < 4.78 is 24.4. The van der Waals surface area contributed by atoms with Gasteiger partial charge >= 0.3 is 17.9 Å². The SMILES string of the molecule is C.C1=NC=NC1.C1CCOC1.C=CCOC(=O)C1(NC(=O)c2cnc3n2[C@](C)(Cc2ccc(-n4cncn4)cc2)C(=O)N3c2cc(Cl)cc(Cl)c2)CC1.C=CCOC(=O)C1(NC(=O)c2cnc3n2[C@](C)(Cc2ccc(I)cc2)C(=O)N3c2cc(Cl)cc(Cl)c2)CC1.C[C@@]1(Cc2ccc(-n3cncn3)cc2)C(=O)N(c2cc(Cl)cc(Cl)c2)c2ncc(C(=O)NC3(C(=O)O)CC3)n21. The van der Waals surface area contributed by atoms with Gasteiger partial charge in [-0.25, -0.2) is 68.4 Å². The Morgan fingerprint density at radius 2 is 0.808 bits per heavy atom. The second-order valence-electron chi connectivity index (χ2n) is 32.0. The molecule has 0 bridgehead atoms. The van der Waals surface area contributed by atoms with Gasteiger partial charge in [-0.1, -0.05) is 139 Å². The van der Waals surface area contributed by atoms with Gasteiger partial charge in [0.25, 0.3) is 35.4 Å². The van der Waals surface area contributed by atoms with Crippen LogP contribution in [0.3, 0.4) is 0 Å². The number of fused-ring (bicyclic) bond motifs is 3. The molecule has 40 heteroatoms. The number of rotatable bonds is 24. The Morgan fingerprint density at radius 3 is 1.06 bits per heavy atom. The Balaban J connectivity index is 0.000000148. The van der Waals surface area contributed by atoms with E-state index < -0.39 is 68.9 Å². The highest BCUT2D eigenvalue weighted by atomic mass is 127. The van der Waals surface area contributed by atoms with Gasteiger partial charge in [-0.3, -0.25) is 47.5 Å². The number of nitrogens with zero attached hydrogens (tertiary/aromatic N) is 17. The molecule has 3 saturated carbocycles. The van der Waals surface area contributed by atoms with Crippen LogP contribution in [-0.2, 0) is 78.9 Å². The first-order chi connectivity index (χ1) is 61.8. The summed E-state index contributed by atoms with van der Waals surface area (Å²) >= 11 is 39.8. The summed E-state index contributed by atoms with van der Waals surface area (Å²) in [7, 11) is 0. The van der Waals surface area contributed by atoms with Gasteiger partial charge in [0, 0.05) is 72.4 Å². The molecule has 0 unspecified atom stereocenters. The smallest absolute Gasteiger partial charge is 0.332 e. The summed E-state index contributed by atoms with van der Waals surface area (Å²) in [4.78, 5) is 153. The van der Waals surface area contributed by atoms with E-state index in [4.69, 9.17) is 83.8 Å². The van der Waals surface area contributed by atoms with E-state index in [1.54, 1.807) is 124 Å². The van der Waals surface area contributed by atoms with E-state index in [9.17, 15) is 48.3 Å². The lowest BCUT2D eigenvalue weighted by Gasteiger charge is -2.27. The molecule has 3 aliphatic carbocycles. The van der Waals surface area contributed by atoms with E-state index in [0.717, 1.165) is 51.4 Å². The Kier molecular flexibility index (Phi) is 28.0. The molecule has 33 nitrogen and oxygen atoms in total. The van der Waals surface area contributed by atoms with E-state index in [2.05, 4.69) is 96.8 Å². The van der Waals surface area contributed by atoms with Crippen molar-refractivity contribution in [3.05, 3.63) is 264 Å². The molecule has 1 saturated heterocycles. The standard InChI is InChI=1S/C29H25Cl2N7O4.C27H23Cl2IN4O4.C26H21Cl2N7O4.C4H8O.C3H4N2.CH4/c1-3-10-42-26(41)29(8-9-29)35-24(39)23-15-33-27-37(22-12-19(30)11-20(31)13-22)25(40)28(2,38(23)27)14-18-4-6-21(7-5-18)36-17-32-16-34-36;1-3-10-38-24(37)27(8-9-27)32-22(35)21-15-31-25-33(20-12-17(28)11-18(29)13-20)23(36)26(2,34(21)25)14-16-4-6-19(30)7-5-16;1-25(11-15-2-4-18(5-3-15)33-14-29-13-31-33)22(37)34(19-9-16(27)8-17(28)10-19)24-30-12-20(35(24)25)21(36)32-26(6-7-26)23(38)39;1-2-4-5-3-1;1-2-5-3-4-1;/h3-7,11-13,15-17H,1,8-10,14H2,2H3,(H,35,39);3-7,11-13,15H,1,8-10,14H2,2H3,(H,32,35);2-5,8-10,12-14H,6-7,11H2,1H3,(H,32,36)(H,38,39);1-4H2;1,3H,2H2;1H4/t28-;26-;25-;;;/m111.../s1. The van der Waals surface area contributed by atoms with Crippen LogP contribution in [0.5, 0.6) is 0 Å². The third kappa shape index (κ3) is 19.5. The maximum Gasteiger partial charge on any atom is 0.332 e. The molecule has 6 amide bonds. The highest BCUT2D eigenvalue weighted by Crippen LogP contribution is 2.49. The molecule has 0 spiro atoms. The first-order valence-corrected chi connectivity index (χ1v) is 43.8. The van der Waals surface area contributed by atoms with Crippen molar-refractivity contribution in [3.8, 4) is 11.4 Å². The van der Waals surface area contributed by atoms with Crippen LogP contribution in [0, 0.1) is 3.57 Å². The van der Waals surface area contributed by atoms with E-state index in [1.807, 2.05) is 72.8 Å². The quantitative estimate of drug-likeness (QED) is 0.0248. The highest BCUT2D eigenvalue weighted by Gasteiger charge is 2.59. The molecule has 4 fully saturated rings. The van der Waals surface area contributed by atoms with Crippen LogP contribution >= 0.6 is 92.2 Å². The third-order valence-electron chi connectivity index (χ3n) is 22.5. The van der Waals surface area contributed by atoms with Crippen LogP contribution in [0.1, 0.15) is 128 Å². The molecule has 5 aromatic heterocycles. The maximum atomic E-state index is 14.3. The van der Waals surface area contributed by atoms with Crippen LogP contribution < -0.4 is 30.7 Å². The summed E-state index contributed by atoms with van der Waals surface area (Å²) in [6.45, 7) is 15.2. The van der Waals surface area contributed by atoms with Crippen molar-refractivity contribution in [3.63, 3.8) is 0 Å². The lowest BCUT2D eigenvalue weighted by atomic mass is 9.91. The lowest BCUT2D eigenvalue weighted by molar-refractivity contribution is -0.146. The molecule has 19 rings (SSSR count). The average molecular weight is 1990 g/mol. The minimum absolute atomic E-state index is 0. The van der Waals surface area contributed by atoms with Crippen LogP contribution in [0.25, 0.3) is 11.4 Å². The number of carbonyl (C=O) groups is 9. The molecule has 6 aromatic carbocycles. The van der Waals surface area contributed by atoms with Crippen LogP contribution in [-0.4, -0.2) is 179 Å². The number of hydrogen-bond acceptors (Lipinski definition) is 21. The number of aliphatic imine (C=N–C) groups is 2. The summed E-state index contributed by atoms with van der Waals surface area (Å²) in [5, 5.41) is 28.2. The molecular weight excluding hydrogens is 1910 g/mol. The summed E-state index contributed by atoms with van der Waals surface area (Å²) in [6.07, 6.45) is 22.2. The number of aromatic nitrogens is 12. The Labute approximate surface area is 789 Å². The number of nitrogens with one attached hydrogen (secondary N) is 3. The van der Waals surface area contributed by atoms with Gasteiger partial charge in [0.1, 0.15) is 95.2 Å². The third-order valence-corrected chi connectivity index (χ3v) is 24.6. The van der Waals surface area contributed by atoms with Crippen LogP contribution in [0.2, 0.25) is 30.1 Å². The number of hydrogen-bond donors (Lipinski definition) is 4. The Hall–Kier alpha value is -12.3. The van der Waals surface area contributed by atoms with Gasteiger partial charge in [0.2, 0.25) is 17.8 Å². The van der Waals surface area contributed by atoms with E-state index >= 15 is 0 Å². The Morgan fingerprint density at radius 1 is 0.485 bits per heavy atom. The van der Waals surface area contributed by atoms with Crippen molar-refractivity contribution < 1.29 is 62.5 Å². The van der Waals surface area contributed by atoms with Gasteiger partial charge in [0.05, 0.1) is 53.6 Å². The number of anilines is 6. The van der Waals surface area contributed by atoms with E-state index in [0.29, 0.717) is 92.1 Å². The fourth-order valence-corrected chi connectivity index (χ4v) is 17.5. The second kappa shape index (κ2) is 38.8. The number of amides is 6. The first-order valence-electron chi connectivity index (χ1n) is 40.5. The molecule has 130 heavy (non-hydrogen) atoms. The topological polar surface area (TPSA) is 387 Å². The van der Waals surface area contributed by atoms with Crippen molar-refractivity contribution in [2.45, 2.75) is 132 Å². The predicted molar refractivity (Wildman–Crippen MR) is 498 cm³/mol. The van der Waals surface area contributed by atoms with Gasteiger partial charge in [0.15, 0.2) is 0 Å². The van der Waals surface area contributed by atoms with Crippen molar-refractivity contribution in [1.82, 2.24) is 74.1 Å². The predicted octanol–water partition coefficient (Wildman–Crippen LogP) is 15.1. The normalized spacial score (nSPS) is 18.9. The fraction of sp³-hybridized carbons (Fsp3) is 0.289. The Bertz CT molecular complexity index is 6190. The molecule has 672 valence electrons. The minimum atomic E-state index is -1.31. The van der Waals surface area contributed by atoms with Crippen molar-refractivity contribution in [2.24, 2.45) is 9.98 Å². The molecule has 11 aromatic rings. The highest BCUT2D eigenvalue weighted by molar-refractivity contribution is 14.1. The number of esters is 2. The summed E-state index contributed by atoms with van der Waals surface area (Å²) in [5.41, 5.74) is -1.56. The molecule has 10 heterocycles. The molecule has 4 N–H and O–H groups in total. The second-order valence-corrected chi connectivity index (χ2v) is 35.8. The number of carboxylic acids is 1. The van der Waals surface area contributed by atoms with Crippen LogP contribution in [0.15, 0.2) is 207 Å². The zero-order valence-corrected chi connectivity index (χ0v) is 76.0. The minimum Gasteiger partial charge on any atom is -0.480 e. The zero-order valence-electron chi connectivity index (χ0n) is 69.3. The summed E-state index contributed by atoms with van der Waals surface area (Å²) in [5.74, 6) is -4.13. The number of carboxylic acid groups (broad SMARTS) is 1. The number of carbonyl (C=O) groups excluding carboxylic acids is 8. The monoisotopic (exact) mass is 1990 g/mol. The van der Waals surface area contributed by atoms with Crippen LogP contribution in [0.4, 0.5) is 34.9 Å². The molecule has 8 aliphatic rings. The van der Waals surface area contributed by atoms with E-state index in [-0.39, 0.29) is 86.1 Å². The number of benzene rings is 6. The van der Waals surface area contributed by atoms with Crippen molar-refractivity contribution in [1.29, 1.82) is 0 Å². The summed E-state index contributed by atoms with van der Waals surface area (Å²) in [6, 6.07) is 37.1. The molecule has 5 aliphatic heterocycles.